The van der Waals surface area contributed by atoms with E-state index in [1.807, 2.05) is 0 Å². The van der Waals surface area contributed by atoms with Crippen molar-refractivity contribution in [2.24, 2.45) is 0 Å². The van der Waals surface area contributed by atoms with E-state index in [0.717, 1.165) is 24.3 Å². The Balaban J connectivity index is 1.48. The van der Waals surface area contributed by atoms with Crippen LogP contribution < -0.4 is 9.46 Å². The van der Waals surface area contributed by atoms with Gasteiger partial charge in [0.2, 0.25) is 10.0 Å². The smallest absolute Gasteiger partial charge is 0.262 e. The zero-order chi connectivity index (χ0) is 25.1. The minimum atomic E-state index is -4.02. The van der Waals surface area contributed by atoms with E-state index >= 15 is 0 Å². The minimum Gasteiger partial charge on any atom is -0.487 e. The van der Waals surface area contributed by atoms with E-state index < -0.39 is 25.9 Å². The quantitative estimate of drug-likeness (QED) is 0.465. The third kappa shape index (κ3) is 6.11. The average Bonchev–Trinajstić information content (AvgIpc) is 2.84. The highest BCUT2D eigenvalue weighted by Gasteiger charge is 2.26. The van der Waals surface area contributed by atoms with Crippen LogP contribution in [-0.2, 0) is 31.4 Å². The normalized spacial score (nSPS) is 15.0. The molecule has 8 nitrogen and oxygen atoms in total. The summed E-state index contributed by atoms with van der Waals surface area (Å²) in [6, 6.07) is 15.1. The molecule has 0 bridgehead atoms. The van der Waals surface area contributed by atoms with E-state index in [1.165, 1.54) is 28.6 Å². The van der Waals surface area contributed by atoms with Crippen LogP contribution in [0.25, 0.3) is 0 Å². The van der Waals surface area contributed by atoms with Gasteiger partial charge in [-0.2, -0.15) is 4.31 Å². The van der Waals surface area contributed by atoms with Gasteiger partial charge in [-0.05, 0) is 60.2 Å². The molecule has 0 amide bonds. The average molecular weight is 541 g/mol. The van der Waals surface area contributed by atoms with Gasteiger partial charge in [0, 0.05) is 18.1 Å². The first-order valence-electron chi connectivity index (χ1n) is 10.5. The second-order valence-corrected chi connectivity index (χ2v) is 11.7. The summed E-state index contributed by atoms with van der Waals surface area (Å²) in [6.45, 7) is 1.38. The molecule has 1 fully saturated rings. The molecule has 0 saturated carbocycles. The monoisotopic (exact) mass is 540 g/mol. The Morgan fingerprint density at radius 3 is 2.20 bits per heavy atom. The zero-order valence-electron chi connectivity index (χ0n) is 18.4. The third-order valence-corrected chi connectivity index (χ3v) is 8.76. The molecule has 3 aromatic rings. The lowest BCUT2D eigenvalue weighted by molar-refractivity contribution is 0.0730. The van der Waals surface area contributed by atoms with Gasteiger partial charge in [-0.3, -0.25) is 4.72 Å². The first-order valence-corrected chi connectivity index (χ1v) is 13.8. The van der Waals surface area contributed by atoms with Crippen LogP contribution in [0.15, 0.2) is 76.5 Å². The summed E-state index contributed by atoms with van der Waals surface area (Å²) in [5.74, 6) is -0.343. The molecule has 1 N–H and O–H groups in total. The molecule has 0 radical (unpaired) electrons. The van der Waals surface area contributed by atoms with E-state index in [2.05, 4.69) is 4.72 Å². The SMILES string of the molecule is O=S(=O)(Nc1cc(Cl)ccc1OCc1ccc(S(=O)(=O)N2CCOCC2)cc1)c1ccc(F)cc1. The fourth-order valence-corrected chi connectivity index (χ4v) is 6.02. The van der Waals surface area contributed by atoms with Crippen LogP contribution in [0.1, 0.15) is 5.56 Å². The number of nitrogens with zero attached hydrogens (tertiary/aromatic N) is 1. The maximum absolute atomic E-state index is 13.2. The molecule has 1 aliphatic rings. The van der Waals surface area contributed by atoms with Gasteiger partial charge in [-0.25, -0.2) is 21.2 Å². The van der Waals surface area contributed by atoms with Gasteiger partial charge in [0.05, 0.1) is 28.7 Å². The maximum Gasteiger partial charge on any atom is 0.262 e. The standard InChI is InChI=1S/C23H22ClFN2O6S2/c24-18-3-10-23(22(15-18)26-34(28,29)20-8-4-19(25)5-9-20)33-16-17-1-6-21(7-2-17)35(30,31)27-11-13-32-14-12-27/h1-10,15,26H,11-14,16H2. The molecule has 0 unspecified atom stereocenters. The Bertz CT molecular complexity index is 1390. The van der Waals surface area contributed by atoms with Crippen LogP contribution >= 0.6 is 11.6 Å². The van der Waals surface area contributed by atoms with Gasteiger partial charge >= 0.3 is 0 Å². The molecule has 0 aliphatic carbocycles. The minimum absolute atomic E-state index is 0.0464. The van der Waals surface area contributed by atoms with Gasteiger partial charge in [0.1, 0.15) is 18.2 Å². The molecule has 1 saturated heterocycles. The van der Waals surface area contributed by atoms with Crippen molar-refractivity contribution >= 4 is 37.3 Å². The van der Waals surface area contributed by atoms with E-state index in [-0.39, 0.29) is 32.9 Å². The van der Waals surface area contributed by atoms with Crippen molar-refractivity contribution in [3.63, 3.8) is 0 Å². The zero-order valence-corrected chi connectivity index (χ0v) is 20.7. The van der Waals surface area contributed by atoms with Crippen molar-refractivity contribution in [3.05, 3.63) is 83.1 Å². The summed E-state index contributed by atoms with van der Waals surface area (Å²) in [7, 11) is -7.63. The van der Waals surface area contributed by atoms with Crippen LogP contribution in [0.5, 0.6) is 5.75 Å². The highest BCUT2D eigenvalue weighted by molar-refractivity contribution is 7.92. The van der Waals surface area contributed by atoms with Gasteiger partial charge in [-0.15, -0.1) is 0 Å². The molecule has 0 aromatic heterocycles. The summed E-state index contributed by atoms with van der Waals surface area (Å²) in [5.41, 5.74) is 0.779. The lowest BCUT2D eigenvalue weighted by atomic mass is 10.2. The van der Waals surface area contributed by atoms with E-state index in [4.69, 9.17) is 21.1 Å². The topological polar surface area (TPSA) is 102 Å². The van der Waals surface area contributed by atoms with Gasteiger partial charge in [0.15, 0.2) is 0 Å². The molecule has 0 spiro atoms. The summed E-state index contributed by atoms with van der Waals surface area (Å²) in [5, 5.41) is 0.284. The Hall–Kier alpha value is -2.70. The van der Waals surface area contributed by atoms with Crippen molar-refractivity contribution < 1.29 is 30.7 Å². The van der Waals surface area contributed by atoms with Crippen molar-refractivity contribution in [3.8, 4) is 5.75 Å². The van der Waals surface area contributed by atoms with Crippen molar-refractivity contribution in [2.75, 3.05) is 31.0 Å². The number of sulfonamides is 2. The lowest BCUT2D eigenvalue weighted by Gasteiger charge is -2.26. The number of hydrogen-bond acceptors (Lipinski definition) is 6. The van der Waals surface area contributed by atoms with Crippen molar-refractivity contribution in [1.29, 1.82) is 0 Å². The van der Waals surface area contributed by atoms with Gasteiger partial charge in [0.25, 0.3) is 10.0 Å². The van der Waals surface area contributed by atoms with Crippen LogP contribution in [0, 0.1) is 5.82 Å². The second-order valence-electron chi connectivity index (χ2n) is 7.65. The summed E-state index contributed by atoms with van der Waals surface area (Å²) >= 11 is 6.05. The molecular weight excluding hydrogens is 519 g/mol. The number of nitrogens with one attached hydrogen (secondary N) is 1. The highest BCUT2D eigenvalue weighted by Crippen LogP contribution is 2.31. The summed E-state index contributed by atoms with van der Waals surface area (Å²) < 4.78 is 78.9. The number of morpholine rings is 1. The first-order chi connectivity index (χ1) is 16.6. The Morgan fingerprint density at radius 1 is 0.914 bits per heavy atom. The molecule has 12 heteroatoms. The summed E-state index contributed by atoms with van der Waals surface area (Å²) in [4.78, 5) is 0.0456. The van der Waals surface area contributed by atoms with E-state index in [0.29, 0.717) is 31.9 Å². The van der Waals surface area contributed by atoms with Crippen LogP contribution in [0.3, 0.4) is 0 Å². The first kappa shape index (κ1) is 25.4. The second kappa shape index (κ2) is 10.5. The van der Waals surface area contributed by atoms with Crippen LogP contribution in [0.2, 0.25) is 5.02 Å². The maximum atomic E-state index is 13.2. The van der Waals surface area contributed by atoms with E-state index in [1.54, 1.807) is 18.2 Å². The highest BCUT2D eigenvalue weighted by atomic mass is 35.5. The van der Waals surface area contributed by atoms with Crippen LogP contribution in [0.4, 0.5) is 10.1 Å². The predicted molar refractivity (Wildman–Crippen MR) is 129 cm³/mol. The third-order valence-electron chi connectivity index (χ3n) is 5.24. The van der Waals surface area contributed by atoms with Crippen molar-refractivity contribution in [1.82, 2.24) is 4.31 Å². The van der Waals surface area contributed by atoms with Crippen molar-refractivity contribution in [2.45, 2.75) is 16.4 Å². The Morgan fingerprint density at radius 2 is 1.54 bits per heavy atom. The molecule has 1 heterocycles. The van der Waals surface area contributed by atoms with Gasteiger partial charge < -0.3 is 9.47 Å². The number of hydrogen-bond donors (Lipinski definition) is 1. The molecule has 35 heavy (non-hydrogen) atoms. The largest absolute Gasteiger partial charge is 0.487 e. The molecule has 4 rings (SSSR count). The predicted octanol–water partition coefficient (Wildman–Crippen LogP) is 3.88. The van der Waals surface area contributed by atoms with Gasteiger partial charge in [-0.1, -0.05) is 23.7 Å². The Kier molecular flexibility index (Phi) is 7.62. The molecule has 3 aromatic carbocycles. The Labute approximate surface area is 208 Å². The molecule has 1 aliphatic heterocycles. The van der Waals surface area contributed by atoms with Crippen LogP contribution in [-0.4, -0.2) is 47.4 Å². The number of rotatable bonds is 8. The molecule has 0 atom stereocenters. The fourth-order valence-electron chi connectivity index (χ4n) is 3.38. The number of ether oxygens (including phenoxy) is 2. The number of benzene rings is 3. The number of halogens is 2. The molecule has 186 valence electrons. The number of anilines is 1. The summed E-state index contributed by atoms with van der Waals surface area (Å²) in [6.07, 6.45) is 0. The lowest BCUT2D eigenvalue weighted by Crippen LogP contribution is -2.40. The fraction of sp³-hybridized carbons (Fsp3) is 0.217. The molecular formula is C23H22ClFN2O6S2. The van der Waals surface area contributed by atoms with E-state index in [9.17, 15) is 21.2 Å².